The van der Waals surface area contributed by atoms with Crippen molar-refractivity contribution in [1.82, 2.24) is 15.3 Å². The van der Waals surface area contributed by atoms with Crippen molar-refractivity contribution < 1.29 is 13.6 Å². The highest BCUT2D eigenvalue weighted by Gasteiger charge is 2.23. The number of nitrogens with zero attached hydrogens (tertiary/aromatic N) is 3. The highest BCUT2D eigenvalue weighted by atomic mass is 32.1. The van der Waals surface area contributed by atoms with E-state index in [0.29, 0.717) is 28.5 Å². The first-order chi connectivity index (χ1) is 12.6. The molecule has 1 aliphatic rings. The number of amides is 1. The SMILES string of the molecule is O=C(NC1CCN(c2nc3c(F)cc(F)cc3s2)CC1)c1ccncc1. The molecular formula is C18H16F2N4OS. The molecule has 3 aromatic rings. The Hall–Kier alpha value is -2.61. The molecule has 0 aliphatic carbocycles. The van der Waals surface area contributed by atoms with E-state index >= 15 is 0 Å². The Kier molecular flexibility index (Phi) is 4.50. The van der Waals surface area contributed by atoms with Crippen LogP contribution in [0.1, 0.15) is 23.2 Å². The molecule has 0 spiro atoms. The van der Waals surface area contributed by atoms with Gasteiger partial charge in [-0.2, -0.15) is 0 Å². The van der Waals surface area contributed by atoms with Gasteiger partial charge >= 0.3 is 0 Å². The molecule has 1 fully saturated rings. The average molecular weight is 374 g/mol. The highest BCUT2D eigenvalue weighted by Crippen LogP contribution is 2.32. The van der Waals surface area contributed by atoms with Crippen LogP contribution in [0.15, 0.2) is 36.7 Å². The Morgan fingerprint density at radius 2 is 1.92 bits per heavy atom. The molecule has 1 amide bonds. The van der Waals surface area contributed by atoms with Crippen molar-refractivity contribution >= 4 is 32.6 Å². The van der Waals surface area contributed by atoms with Gasteiger partial charge in [-0.3, -0.25) is 9.78 Å². The Labute approximate surface area is 152 Å². The molecule has 5 nitrogen and oxygen atoms in total. The number of carbonyl (C=O) groups excluding carboxylic acids is 1. The molecule has 1 saturated heterocycles. The van der Waals surface area contributed by atoms with Crippen molar-refractivity contribution in [2.45, 2.75) is 18.9 Å². The largest absolute Gasteiger partial charge is 0.349 e. The molecule has 3 heterocycles. The van der Waals surface area contributed by atoms with Gasteiger partial charge in [0.2, 0.25) is 0 Å². The maximum Gasteiger partial charge on any atom is 0.251 e. The fourth-order valence-corrected chi connectivity index (χ4v) is 4.12. The molecule has 0 bridgehead atoms. The van der Waals surface area contributed by atoms with Crippen LogP contribution >= 0.6 is 11.3 Å². The summed E-state index contributed by atoms with van der Waals surface area (Å²) in [6.45, 7) is 1.40. The number of halogens is 2. The molecule has 8 heteroatoms. The maximum absolute atomic E-state index is 13.8. The second kappa shape index (κ2) is 6.95. The van der Waals surface area contributed by atoms with Gasteiger partial charge in [0.1, 0.15) is 11.3 Å². The van der Waals surface area contributed by atoms with Crippen LogP contribution in [-0.4, -0.2) is 35.0 Å². The summed E-state index contributed by atoms with van der Waals surface area (Å²) in [6.07, 6.45) is 4.71. The molecular weight excluding hydrogens is 358 g/mol. The molecule has 4 rings (SSSR count). The quantitative estimate of drug-likeness (QED) is 0.764. The topological polar surface area (TPSA) is 58.1 Å². The van der Waals surface area contributed by atoms with E-state index in [4.69, 9.17) is 0 Å². The molecule has 0 radical (unpaired) electrons. The summed E-state index contributed by atoms with van der Waals surface area (Å²) in [5.74, 6) is -1.34. The van der Waals surface area contributed by atoms with Crippen LogP contribution in [0.5, 0.6) is 0 Å². The molecule has 26 heavy (non-hydrogen) atoms. The number of hydrogen-bond acceptors (Lipinski definition) is 5. The van der Waals surface area contributed by atoms with E-state index in [9.17, 15) is 13.6 Å². The first kappa shape index (κ1) is 16.8. The van der Waals surface area contributed by atoms with Gasteiger partial charge in [-0.25, -0.2) is 13.8 Å². The molecule has 1 aromatic carbocycles. The fraction of sp³-hybridized carbons (Fsp3) is 0.278. The number of nitrogens with one attached hydrogen (secondary N) is 1. The summed E-state index contributed by atoms with van der Waals surface area (Å²) >= 11 is 1.28. The number of anilines is 1. The summed E-state index contributed by atoms with van der Waals surface area (Å²) in [5, 5.41) is 3.71. The number of thiazole rings is 1. The van der Waals surface area contributed by atoms with E-state index in [-0.39, 0.29) is 17.5 Å². The van der Waals surface area contributed by atoms with Crippen LogP contribution in [0, 0.1) is 11.6 Å². The van der Waals surface area contributed by atoms with E-state index in [0.717, 1.165) is 18.9 Å². The van der Waals surface area contributed by atoms with Crippen molar-refractivity contribution in [1.29, 1.82) is 0 Å². The van der Waals surface area contributed by atoms with Gasteiger partial charge in [0, 0.05) is 43.2 Å². The van der Waals surface area contributed by atoms with Crippen LogP contribution in [0.4, 0.5) is 13.9 Å². The number of piperidine rings is 1. The monoisotopic (exact) mass is 374 g/mol. The van der Waals surface area contributed by atoms with E-state index in [1.54, 1.807) is 24.5 Å². The summed E-state index contributed by atoms with van der Waals surface area (Å²) in [6, 6.07) is 5.60. The lowest BCUT2D eigenvalue weighted by Crippen LogP contribution is -2.44. The first-order valence-electron chi connectivity index (χ1n) is 8.31. The Morgan fingerprint density at radius 1 is 1.19 bits per heavy atom. The molecule has 0 atom stereocenters. The van der Waals surface area contributed by atoms with Crippen molar-refractivity contribution in [3.8, 4) is 0 Å². The number of fused-ring (bicyclic) bond motifs is 1. The average Bonchev–Trinajstić information content (AvgIpc) is 3.07. The van der Waals surface area contributed by atoms with Crippen molar-refractivity contribution in [3.63, 3.8) is 0 Å². The Bertz CT molecular complexity index is 939. The predicted octanol–water partition coefficient (Wildman–Crippen LogP) is 3.37. The fourth-order valence-electron chi connectivity index (χ4n) is 3.07. The minimum Gasteiger partial charge on any atom is -0.349 e. The predicted molar refractivity (Wildman–Crippen MR) is 96.5 cm³/mol. The van der Waals surface area contributed by atoms with Gasteiger partial charge in [0.25, 0.3) is 5.91 Å². The number of carbonyl (C=O) groups is 1. The Balaban J connectivity index is 1.41. The van der Waals surface area contributed by atoms with Crippen LogP contribution in [0.25, 0.3) is 10.2 Å². The first-order valence-corrected chi connectivity index (χ1v) is 9.13. The number of aromatic nitrogens is 2. The summed E-state index contributed by atoms with van der Waals surface area (Å²) in [4.78, 5) is 22.5. The third-order valence-electron chi connectivity index (χ3n) is 4.45. The van der Waals surface area contributed by atoms with Crippen LogP contribution < -0.4 is 10.2 Å². The summed E-state index contributed by atoms with van der Waals surface area (Å²) < 4.78 is 27.7. The highest BCUT2D eigenvalue weighted by molar-refractivity contribution is 7.22. The lowest BCUT2D eigenvalue weighted by atomic mass is 10.0. The van der Waals surface area contributed by atoms with E-state index in [2.05, 4.69) is 20.2 Å². The zero-order chi connectivity index (χ0) is 18.1. The van der Waals surface area contributed by atoms with E-state index < -0.39 is 11.6 Å². The number of rotatable bonds is 3. The van der Waals surface area contributed by atoms with Gasteiger partial charge in [-0.05, 0) is 31.0 Å². The summed E-state index contributed by atoms with van der Waals surface area (Å²) in [5.41, 5.74) is 0.797. The molecule has 0 unspecified atom stereocenters. The molecule has 0 saturated carbocycles. The van der Waals surface area contributed by atoms with Gasteiger partial charge in [-0.15, -0.1) is 0 Å². The standard InChI is InChI=1S/C18H16F2N4OS/c19-12-9-14(20)16-15(10-12)26-18(23-16)24-7-3-13(4-8-24)22-17(25)11-1-5-21-6-2-11/h1-2,5-6,9-10,13H,3-4,7-8H2,(H,22,25). The minimum absolute atomic E-state index is 0.0791. The second-order valence-corrected chi connectivity index (χ2v) is 7.21. The third kappa shape index (κ3) is 3.37. The third-order valence-corrected chi connectivity index (χ3v) is 5.51. The molecule has 134 valence electrons. The van der Waals surface area contributed by atoms with Crippen molar-refractivity contribution in [2.75, 3.05) is 18.0 Å². The minimum atomic E-state index is -0.637. The van der Waals surface area contributed by atoms with Gasteiger partial charge in [-0.1, -0.05) is 11.3 Å². The summed E-state index contributed by atoms with van der Waals surface area (Å²) in [7, 11) is 0. The molecule has 1 N–H and O–H groups in total. The van der Waals surface area contributed by atoms with E-state index in [1.807, 2.05) is 0 Å². The maximum atomic E-state index is 13.8. The zero-order valence-corrected chi connectivity index (χ0v) is 14.6. The second-order valence-electron chi connectivity index (χ2n) is 6.20. The van der Waals surface area contributed by atoms with Gasteiger partial charge in [0.05, 0.1) is 4.70 Å². The van der Waals surface area contributed by atoms with Crippen LogP contribution in [-0.2, 0) is 0 Å². The molecule has 1 aliphatic heterocycles. The van der Waals surface area contributed by atoms with Gasteiger partial charge in [0.15, 0.2) is 10.9 Å². The normalized spacial score (nSPS) is 15.4. The molecule has 2 aromatic heterocycles. The van der Waals surface area contributed by atoms with Crippen molar-refractivity contribution in [3.05, 3.63) is 53.9 Å². The number of benzene rings is 1. The number of hydrogen-bond donors (Lipinski definition) is 1. The van der Waals surface area contributed by atoms with Crippen molar-refractivity contribution in [2.24, 2.45) is 0 Å². The Morgan fingerprint density at radius 3 is 2.65 bits per heavy atom. The van der Waals surface area contributed by atoms with E-state index in [1.165, 1.54) is 17.4 Å². The lowest BCUT2D eigenvalue weighted by Gasteiger charge is -2.32. The smallest absolute Gasteiger partial charge is 0.251 e. The van der Waals surface area contributed by atoms with Crippen LogP contribution in [0.3, 0.4) is 0 Å². The van der Waals surface area contributed by atoms with Crippen LogP contribution in [0.2, 0.25) is 0 Å². The lowest BCUT2D eigenvalue weighted by molar-refractivity contribution is 0.0931. The zero-order valence-electron chi connectivity index (χ0n) is 13.8. The number of pyridine rings is 1. The van der Waals surface area contributed by atoms with Gasteiger partial charge < -0.3 is 10.2 Å².